The molecule has 0 heterocycles. The van der Waals surface area contributed by atoms with Crippen molar-refractivity contribution in [3.05, 3.63) is 34.9 Å². The Labute approximate surface area is 111 Å². The summed E-state index contributed by atoms with van der Waals surface area (Å²) in [5.74, 6) is 3.17. The molecule has 96 valence electrons. The van der Waals surface area contributed by atoms with Gasteiger partial charge in [0.2, 0.25) is 0 Å². The fraction of sp³-hybridized carbons (Fsp3) is 0.667. The van der Waals surface area contributed by atoms with Crippen LogP contribution in [-0.2, 0) is 0 Å². The average Bonchev–Trinajstić information content (AvgIpc) is 2.76. The van der Waals surface area contributed by atoms with Crippen LogP contribution in [0.1, 0.15) is 52.4 Å². The summed E-state index contributed by atoms with van der Waals surface area (Å²) < 4.78 is 0. The maximum atomic E-state index is 2.50. The van der Waals surface area contributed by atoms with Crippen LogP contribution in [0.15, 0.2) is 34.9 Å². The summed E-state index contributed by atoms with van der Waals surface area (Å²) in [6.45, 7) is 4.47. The second-order valence-electron chi connectivity index (χ2n) is 7.59. The molecule has 18 heavy (non-hydrogen) atoms. The molecule has 0 aromatic heterocycles. The first kappa shape index (κ1) is 11.1. The van der Waals surface area contributed by atoms with E-state index in [2.05, 4.69) is 32.1 Å². The third-order valence-electron chi connectivity index (χ3n) is 5.98. The predicted octanol–water partition coefficient (Wildman–Crippen LogP) is 5.04. The van der Waals surface area contributed by atoms with Crippen molar-refractivity contribution in [3.63, 3.8) is 0 Å². The topological polar surface area (TPSA) is 0 Å². The number of allylic oxidation sites excluding steroid dienone is 6. The van der Waals surface area contributed by atoms with E-state index in [-0.39, 0.29) is 0 Å². The lowest BCUT2D eigenvalue weighted by atomic mass is 9.48. The van der Waals surface area contributed by atoms with Gasteiger partial charge in [0.05, 0.1) is 0 Å². The van der Waals surface area contributed by atoms with Crippen molar-refractivity contribution in [3.8, 4) is 0 Å². The van der Waals surface area contributed by atoms with Crippen LogP contribution >= 0.6 is 0 Å². The Hall–Kier alpha value is -0.780. The molecule has 0 aromatic rings. The normalized spacial score (nSPS) is 44.7. The zero-order chi connectivity index (χ0) is 12.3. The van der Waals surface area contributed by atoms with Gasteiger partial charge in [0.1, 0.15) is 0 Å². The fourth-order valence-electron chi connectivity index (χ4n) is 5.55. The Morgan fingerprint density at radius 2 is 1.50 bits per heavy atom. The average molecular weight is 240 g/mol. The van der Waals surface area contributed by atoms with Gasteiger partial charge < -0.3 is 0 Å². The van der Waals surface area contributed by atoms with Crippen molar-refractivity contribution < 1.29 is 0 Å². The second kappa shape index (κ2) is 3.62. The van der Waals surface area contributed by atoms with Gasteiger partial charge in [-0.15, -0.1) is 0 Å². The van der Waals surface area contributed by atoms with Crippen molar-refractivity contribution >= 4 is 0 Å². The summed E-state index contributed by atoms with van der Waals surface area (Å²) in [5, 5.41) is 0. The van der Waals surface area contributed by atoms with E-state index in [4.69, 9.17) is 0 Å². The molecule has 0 heteroatoms. The van der Waals surface area contributed by atoms with Crippen LogP contribution in [0.3, 0.4) is 0 Å². The molecule has 0 amide bonds. The van der Waals surface area contributed by atoms with Crippen LogP contribution in [0.5, 0.6) is 0 Å². The zero-order valence-corrected chi connectivity index (χ0v) is 11.7. The van der Waals surface area contributed by atoms with E-state index in [0.29, 0.717) is 5.41 Å². The van der Waals surface area contributed by atoms with E-state index in [0.717, 1.165) is 17.8 Å². The number of rotatable bonds is 1. The molecule has 5 aliphatic rings. The summed E-state index contributed by atoms with van der Waals surface area (Å²) in [6.07, 6.45) is 16.4. The van der Waals surface area contributed by atoms with E-state index in [1.165, 1.54) is 30.4 Å². The predicted molar refractivity (Wildman–Crippen MR) is 76.2 cm³/mol. The highest BCUT2D eigenvalue weighted by Crippen LogP contribution is 2.63. The van der Waals surface area contributed by atoms with Gasteiger partial charge in [0.15, 0.2) is 0 Å². The minimum absolute atomic E-state index is 0.586. The monoisotopic (exact) mass is 240 g/mol. The molecule has 0 saturated heterocycles. The number of hydrogen-bond acceptors (Lipinski definition) is 0. The van der Waals surface area contributed by atoms with Crippen LogP contribution < -0.4 is 0 Å². The first-order valence-electron chi connectivity index (χ1n) is 7.72. The summed E-state index contributed by atoms with van der Waals surface area (Å²) >= 11 is 0. The van der Waals surface area contributed by atoms with Gasteiger partial charge in [0.25, 0.3) is 0 Å². The Morgan fingerprint density at radius 1 is 0.944 bits per heavy atom. The molecule has 4 bridgehead atoms. The minimum atomic E-state index is 0.586. The molecule has 0 radical (unpaired) electrons. The SMILES string of the molecule is CC(C)=C1C=CC(C23CC4CC(CC(C4)C2)C3)=C1. The molecule has 0 aromatic carbocycles. The van der Waals surface area contributed by atoms with E-state index in [1.807, 2.05) is 0 Å². The summed E-state index contributed by atoms with van der Waals surface area (Å²) in [4.78, 5) is 0. The van der Waals surface area contributed by atoms with E-state index >= 15 is 0 Å². The zero-order valence-electron chi connectivity index (χ0n) is 11.7. The van der Waals surface area contributed by atoms with Gasteiger partial charge in [0, 0.05) is 0 Å². The third kappa shape index (κ3) is 1.51. The first-order valence-corrected chi connectivity index (χ1v) is 7.72. The molecule has 0 nitrogen and oxygen atoms in total. The molecular formula is C18H24. The van der Waals surface area contributed by atoms with Crippen molar-refractivity contribution in [1.29, 1.82) is 0 Å². The molecule has 5 aliphatic carbocycles. The summed E-state index contributed by atoms with van der Waals surface area (Å²) in [6, 6.07) is 0. The summed E-state index contributed by atoms with van der Waals surface area (Å²) in [7, 11) is 0. The smallest absolute Gasteiger partial charge is 0.00388 e. The van der Waals surface area contributed by atoms with Crippen molar-refractivity contribution in [1.82, 2.24) is 0 Å². The first-order chi connectivity index (χ1) is 8.64. The Balaban J connectivity index is 1.71. The lowest BCUT2D eigenvalue weighted by Crippen LogP contribution is -2.46. The molecule has 4 fully saturated rings. The van der Waals surface area contributed by atoms with Crippen molar-refractivity contribution in [2.45, 2.75) is 52.4 Å². The van der Waals surface area contributed by atoms with Crippen LogP contribution in [0.25, 0.3) is 0 Å². The molecule has 0 spiro atoms. The Morgan fingerprint density at radius 3 is 1.94 bits per heavy atom. The highest BCUT2D eigenvalue weighted by atomic mass is 14.6. The van der Waals surface area contributed by atoms with Gasteiger partial charge in [-0.1, -0.05) is 23.8 Å². The van der Waals surface area contributed by atoms with Gasteiger partial charge in [-0.2, -0.15) is 0 Å². The molecular weight excluding hydrogens is 216 g/mol. The third-order valence-corrected chi connectivity index (χ3v) is 5.98. The van der Waals surface area contributed by atoms with Crippen LogP contribution in [0.2, 0.25) is 0 Å². The van der Waals surface area contributed by atoms with Crippen molar-refractivity contribution in [2.75, 3.05) is 0 Å². The van der Waals surface area contributed by atoms with Crippen molar-refractivity contribution in [2.24, 2.45) is 23.2 Å². The standard InChI is InChI=1S/C18H24/c1-12(2)16-3-4-17(8-16)18-9-13-5-14(10-18)7-15(6-13)11-18/h3-4,8,13-15H,5-7,9-11H2,1-2H3. The maximum Gasteiger partial charge on any atom is -0.00388 e. The molecule has 5 rings (SSSR count). The lowest BCUT2D eigenvalue weighted by molar-refractivity contribution is -0.0284. The fourth-order valence-corrected chi connectivity index (χ4v) is 5.55. The largest absolute Gasteiger partial charge is 0.0692 e. The highest BCUT2D eigenvalue weighted by molar-refractivity contribution is 5.50. The minimum Gasteiger partial charge on any atom is -0.0692 e. The van der Waals surface area contributed by atoms with Gasteiger partial charge in [-0.3, -0.25) is 0 Å². The molecule has 0 unspecified atom stereocenters. The van der Waals surface area contributed by atoms with Crippen LogP contribution in [0, 0.1) is 23.2 Å². The maximum absolute atomic E-state index is 2.50. The molecule has 4 saturated carbocycles. The number of hydrogen-bond donors (Lipinski definition) is 0. The molecule has 0 atom stereocenters. The highest BCUT2D eigenvalue weighted by Gasteiger charge is 2.52. The Bertz CT molecular complexity index is 433. The van der Waals surface area contributed by atoms with E-state index < -0.39 is 0 Å². The summed E-state index contributed by atoms with van der Waals surface area (Å²) in [5.41, 5.74) is 5.20. The second-order valence-corrected chi connectivity index (χ2v) is 7.59. The quantitative estimate of drug-likeness (QED) is 0.602. The van der Waals surface area contributed by atoms with Crippen LogP contribution in [-0.4, -0.2) is 0 Å². The van der Waals surface area contributed by atoms with E-state index in [9.17, 15) is 0 Å². The van der Waals surface area contributed by atoms with Crippen LogP contribution in [0.4, 0.5) is 0 Å². The van der Waals surface area contributed by atoms with Gasteiger partial charge >= 0.3 is 0 Å². The lowest BCUT2D eigenvalue weighted by Gasteiger charge is -2.57. The molecule has 0 N–H and O–H groups in total. The van der Waals surface area contributed by atoms with Gasteiger partial charge in [-0.05, 0) is 86.7 Å². The Kier molecular flexibility index (Phi) is 2.23. The van der Waals surface area contributed by atoms with Gasteiger partial charge in [-0.25, -0.2) is 0 Å². The molecule has 0 aliphatic heterocycles. The van der Waals surface area contributed by atoms with E-state index in [1.54, 1.807) is 24.8 Å².